The van der Waals surface area contributed by atoms with Gasteiger partial charge < -0.3 is 10.2 Å². The summed E-state index contributed by atoms with van der Waals surface area (Å²) in [6, 6.07) is 11.2. The first-order valence-corrected chi connectivity index (χ1v) is 8.32. The lowest BCUT2D eigenvalue weighted by molar-refractivity contribution is 0.537. The second-order valence-corrected chi connectivity index (χ2v) is 6.01. The molecule has 3 atom stereocenters. The van der Waals surface area contributed by atoms with E-state index in [4.69, 9.17) is 0 Å². The molecule has 0 amide bonds. The van der Waals surface area contributed by atoms with Crippen molar-refractivity contribution in [3.05, 3.63) is 29.8 Å². The van der Waals surface area contributed by atoms with Crippen LogP contribution in [-0.4, -0.2) is 18.6 Å². The molecular formula is C18H30N2. The molecule has 1 N–H and O–H groups in total. The lowest BCUT2D eigenvalue weighted by Gasteiger charge is -2.30. The quantitative estimate of drug-likeness (QED) is 0.821. The predicted molar refractivity (Wildman–Crippen MR) is 88.4 cm³/mol. The van der Waals surface area contributed by atoms with Crippen molar-refractivity contribution in [2.45, 2.75) is 71.5 Å². The first-order chi connectivity index (χ1) is 9.71. The topological polar surface area (TPSA) is 15.3 Å². The van der Waals surface area contributed by atoms with Crippen molar-refractivity contribution in [2.75, 3.05) is 11.4 Å². The highest BCUT2D eigenvalue weighted by Gasteiger charge is 2.29. The maximum atomic E-state index is 3.55. The van der Waals surface area contributed by atoms with Gasteiger partial charge in [0.05, 0.1) is 0 Å². The summed E-state index contributed by atoms with van der Waals surface area (Å²) in [7, 11) is 0. The molecule has 0 aliphatic carbocycles. The molecule has 3 unspecified atom stereocenters. The summed E-state index contributed by atoms with van der Waals surface area (Å²) >= 11 is 0. The Morgan fingerprint density at radius 1 is 1.15 bits per heavy atom. The molecule has 0 bridgehead atoms. The largest absolute Gasteiger partial charge is 0.366 e. The molecule has 0 radical (unpaired) electrons. The summed E-state index contributed by atoms with van der Waals surface area (Å²) in [5.41, 5.74) is 2.81. The van der Waals surface area contributed by atoms with Gasteiger partial charge in [-0.3, -0.25) is 0 Å². The van der Waals surface area contributed by atoms with E-state index in [0.29, 0.717) is 12.1 Å². The number of benzene rings is 1. The van der Waals surface area contributed by atoms with Crippen LogP contribution in [0.2, 0.25) is 0 Å². The molecule has 1 fully saturated rings. The van der Waals surface area contributed by atoms with Crippen LogP contribution in [-0.2, 0) is 0 Å². The zero-order valence-corrected chi connectivity index (χ0v) is 13.5. The number of nitrogens with one attached hydrogen (secondary N) is 1. The molecule has 1 aliphatic rings. The Hall–Kier alpha value is -1.02. The Bertz CT molecular complexity index is 398. The van der Waals surface area contributed by atoms with E-state index in [1.54, 1.807) is 0 Å². The van der Waals surface area contributed by atoms with Crippen molar-refractivity contribution in [3.8, 4) is 0 Å². The predicted octanol–water partition coefficient (Wildman–Crippen LogP) is 4.51. The summed E-state index contributed by atoms with van der Waals surface area (Å²) in [5.74, 6) is 0. The minimum atomic E-state index is 0.493. The summed E-state index contributed by atoms with van der Waals surface area (Å²) in [5, 5.41) is 3.55. The Morgan fingerprint density at radius 3 is 2.40 bits per heavy atom. The minimum Gasteiger partial charge on any atom is -0.366 e. The zero-order valence-electron chi connectivity index (χ0n) is 13.5. The monoisotopic (exact) mass is 274 g/mol. The molecule has 2 nitrogen and oxygen atoms in total. The van der Waals surface area contributed by atoms with Crippen LogP contribution in [0.25, 0.3) is 0 Å². The molecule has 112 valence electrons. The molecule has 2 heteroatoms. The smallest absolute Gasteiger partial charge is 0.0371 e. The Balaban J connectivity index is 2.15. The van der Waals surface area contributed by atoms with Gasteiger partial charge in [-0.05, 0) is 56.8 Å². The van der Waals surface area contributed by atoms with Crippen molar-refractivity contribution >= 4 is 5.69 Å². The lowest BCUT2D eigenvalue weighted by atomic mass is 10.0. The van der Waals surface area contributed by atoms with Gasteiger partial charge in [-0.1, -0.05) is 32.9 Å². The van der Waals surface area contributed by atoms with E-state index in [1.807, 2.05) is 0 Å². The number of nitrogens with zero attached hydrogens (tertiary/aromatic N) is 1. The Morgan fingerprint density at radius 2 is 1.85 bits per heavy atom. The molecule has 0 aromatic heterocycles. The maximum absolute atomic E-state index is 3.55. The van der Waals surface area contributed by atoms with E-state index < -0.39 is 0 Å². The molecule has 2 rings (SSSR count). The van der Waals surface area contributed by atoms with E-state index in [0.717, 1.165) is 19.0 Å². The Labute approximate surface area is 124 Å². The van der Waals surface area contributed by atoms with Gasteiger partial charge in [0.25, 0.3) is 0 Å². The number of hydrogen-bond donors (Lipinski definition) is 1. The van der Waals surface area contributed by atoms with Gasteiger partial charge in [0.2, 0.25) is 0 Å². The fraction of sp³-hybridized carbons (Fsp3) is 0.667. The maximum Gasteiger partial charge on any atom is 0.0371 e. The van der Waals surface area contributed by atoms with Gasteiger partial charge in [-0.15, -0.1) is 0 Å². The van der Waals surface area contributed by atoms with Gasteiger partial charge >= 0.3 is 0 Å². The third-order valence-electron chi connectivity index (χ3n) is 4.71. The van der Waals surface area contributed by atoms with E-state index in [2.05, 4.69) is 62.2 Å². The van der Waals surface area contributed by atoms with Crippen molar-refractivity contribution in [1.29, 1.82) is 0 Å². The van der Waals surface area contributed by atoms with Crippen LogP contribution in [0.3, 0.4) is 0 Å². The van der Waals surface area contributed by atoms with Crippen molar-refractivity contribution in [2.24, 2.45) is 0 Å². The van der Waals surface area contributed by atoms with E-state index in [-0.39, 0.29) is 0 Å². The van der Waals surface area contributed by atoms with Gasteiger partial charge in [-0.25, -0.2) is 0 Å². The van der Waals surface area contributed by atoms with E-state index >= 15 is 0 Å². The van der Waals surface area contributed by atoms with E-state index in [1.165, 1.54) is 30.5 Å². The van der Waals surface area contributed by atoms with Gasteiger partial charge in [0.1, 0.15) is 0 Å². The minimum absolute atomic E-state index is 0.493. The molecule has 20 heavy (non-hydrogen) atoms. The molecule has 1 heterocycles. The standard InChI is InChI=1S/C18H30N2/c1-5-16-11-8-14(4)20(16)17-12-9-15(10-13-17)18(6-2)19-7-3/h9-10,12-14,16,18-19H,5-8,11H2,1-4H3. The van der Waals surface area contributed by atoms with Crippen molar-refractivity contribution in [3.63, 3.8) is 0 Å². The highest BCUT2D eigenvalue weighted by Crippen LogP contribution is 2.32. The fourth-order valence-corrected chi connectivity index (χ4v) is 3.56. The summed E-state index contributed by atoms with van der Waals surface area (Å²) in [6.45, 7) is 10.1. The first kappa shape index (κ1) is 15.4. The van der Waals surface area contributed by atoms with Crippen LogP contribution < -0.4 is 10.2 Å². The van der Waals surface area contributed by atoms with Crippen LogP contribution in [0.5, 0.6) is 0 Å². The first-order valence-electron chi connectivity index (χ1n) is 8.32. The van der Waals surface area contributed by atoms with Crippen LogP contribution in [0.15, 0.2) is 24.3 Å². The molecule has 1 aromatic rings. The normalized spacial score (nSPS) is 24.1. The summed E-state index contributed by atoms with van der Waals surface area (Å²) in [4.78, 5) is 2.62. The Kier molecular flexibility index (Phi) is 5.47. The lowest BCUT2D eigenvalue weighted by Crippen LogP contribution is -2.34. The number of rotatable bonds is 6. The number of hydrogen-bond acceptors (Lipinski definition) is 2. The number of anilines is 1. The van der Waals surface area contributed by atoms with Gasteiger partial charge in [0, 0.05) is 23.8 Å². The summed E-state index contributed by atoms with van der Waals surface area (Å²) < 4.78 is 0. The van der Waals surface area contributed by atoms with Crippen molar-refractivity contribution in [1.82, 2.24) is 5.32 Å². The zero-order chi connectivity index (χ0) is 14.5. The van der Waals surface area contributed by atoms with Crippen molar-refractivity contribution < 1.29 is 0 Å². The van der Waals surface area contributed by atoms with E-state index in [9.17, 15) is 0 Å². The summed E-state index contributed by atoms with van der Waals surface area (Å²) in [6.07, 6.45) is 5.07. The molecule has 1 aliphatic heterocycles. The third kappa shape index (κ3) is 3.17. The van der Waals surface area contributed by atoms with Crippen LogP contribution >= 0.6 is 0 Å². The molecule has 0 spiro atoms. The van der Waals surface area contributed by atoms with Crippen LogP contribution in [0.4, 0.5) is 5.69 Å². The second kappa shape index (κ2) is 7.12. The van der Waals surface area contributed by atoms with Gasteiger partial charge in [-0.2, -0.15) is 0 Å². The molecular weight excluding hydrogens is 244 g/mol. The molecule has 1 saturated heterocycles. The fourth-order valence-electron chi connectivity index (χ4n) is 3.56. The highest BCUT2D eigenvalue weighted by atomic mass is 15.2. The highest BCUT2D eigenvalue weighted by molar-refractivity contribution is 5.51. The third-order valence-corrected chi connectivity index (χ3v) is 4.71. The van der Waals surface area contributed by atoms with Gasteiger partial charge in [0.15, 0.2) is 0 Å². The average Bonchev–Trinajstić information content (AvgIpc) is 2.86. The average molecular weight is 274 g/mol. The molecule has 0 saturated carbocycles. The second-order valence-electron chi connectivity index (χ2n) is 6.01. The SMILES string of the molecule is CCNC(CC)c1ccc(N2C(C)CCC2CC)cc1. The van der Waals surface area contributed by atoms with Crippen LogP contribution in [0, 0.1) is 0 Å². The molecule has 1 aromatic carbocycles. The van der Waals surface area contributed by atoms with Crippen LogP contribution in [0.1, 0.15) is 65.0 Å².